The van der Waals surface area contributed by atoms with Crippen LogP contribution in [0.4, 0.5) is 0 Å². The topological polar surface area (TPSA) is 50.4 Å². The normalized spacial score (nSPS) is 22.7. The molecule has 2 unspecified atom stereocenters. The van der Waals surface area contributed by atoms with Gasteiger partial charge in [0, 0.05) is 13.7 Å². The van der Waals surface area contributed by atoms with Crippen LogP contribution in [0.3, 0.4) is 0 Å². The lowest BCUT2D eigenvalue weighted by Crippen LogP contribution is -2.41. The monoisotopic (exact) mass is 214 g/mol. The fourth-order valence-corrected chi connectivity index (χ4v) is 1.83. The fourth-order valence-electron chi connectivity index (χ4n) is 1.83. The molecule has 88 valence electrons. The van der Waals surface area contributed by atoms with E-state index < -0.39 is 0 Å². The van der Waals surface area contributed by atoms with Crippen LogP contribution in [0.2, 0.25) is 0 Å². The van der Waals surface area contributed by atoms with Crippen molar-refractivity contribution >= 4 is 5.91 Å². The maximum atomic E-state index is 11.2. The van der Waals surface area contributed by atoms with Gasteiger partial charge in [0.1, 0.15) is 0 Å². The number of ether oxygens (including phenoxy) is 1. The van der Waals surface area contributed by atoms with E-state index in [1.54, 1.807) is 7.05 Å². The molecule has 1 amide bonds. The van der Waals surface area contributed by atoms with Crippen LogP contribution in [-0.4, -0.2) is 38.3 Å². The number of rotatable bonds is 6. The molecule has 0 bridgehead atoms. The molecule has 4 nitrogen and oxygen atoms in total. The summed E-state index contributed by atoms with van der Waals surface area (Å²) in [6.07, 6.45) is 5.04. The zero-order valence-corrected chi connectivity index (χ0v) is 9.71. The fraction of sp³-hybridized carbons (Fsp3) is 0.909. The Morgan fingerprint density at radius 1 is 1.60 bits per heavy atom. The van der Waals surface area contributed by atoms with E-state index in [9.17, 15) is 4.79 Å². The predicted molar refractivity (Wildman–Crippen MR) is 59.7 cm³/mol. The number of likely N-dealkylation sites (N-methyl/N-ethyl adjacent to an activating group) is 1. The van der Waals surface area contributed by atoms with Crippen LogP contribution < -0.4 is 10.6 Å². The van der Waals surface area contributed by atoms with Crippen molar-refractivity contribution in [2.75, 3.05) is 20.2 Å². The Morgan fingerprint density at radius 3 is 3.00 bits per heavy atom. The van der Waals surface area contributed by atoms with Gasteiger partial charge in [0.15, 0.2) is 0 Å². The first-order chi connectivity index (χ1) is 7.24. The molecule has 15 heavy (non-hydrogen) atoms. The summed E-state index contributed by atoms with van der Waals surface area (Å²) in [6.45, 7) is 3.69. The second kappa shape index (κ2) is 6.80. The lowest BCUT2D eigenvalue weighted by Gasteiger charge is -2.13. The van der Waals surface area contributed by atoms with Gasteiger partial charge in [0.25, 0.3) is 0 Å². The van der Waals surface area contributed by atoms with Crippen molar-refractivity contribution in [1.29, 1.82) is 0 Å². The van der Waals surface area contributed by atoms with Crippen molar-refractivity contribution in [1.82, 2.24) is 10.6 Å². The van der Waals surface area contributed by atoms with Crippen molar-refractivity contribution in [3.8, 4) is 0 Å². The lowest BCUT2D eigenvalue weighted by atomic mass is 10.1. The minimum atomic E-state index is -0.0977. The van der Waals surface area contributed by atoms with E-state index in [1.807, 2.05) is 6.92 Å². The first kappa shape index (κ1) is 12.5. The molecular formula is C11H22N2O2. The van der Waals surface area contributed by atoms with Crippen LogP contribution in [0, 0.1) is 0 Å². The molecule has 1 saturated heterocycles. The van der Waals surface area contributed by atoms with Crippen molar-refractivity contribution in [2.24, 2.45) is 0 Å². The highest BCUT2D eigenvalue weighted by Gasteiger charge is 2.15. The zero-order valence-electron chi connectivity index (χ0n) is 9.71. The van der Waals surface area contributed by atoms with Gasteiger partial charge < -0.3 is 15.4 Å². The van der Waals surface area contributed by atoms with Gasteiger partial charge >= 0.3 is 0 Å². The molecule has 1 rings (SSSR count). The van der Waals surface area contributed by atoms with Gasteiger partial charge in [-0.25, -0.2) is 0 Å². The molecule has 0 aromatic heterocycles. The molecule has 1 heterocycles. The van der Waals surface area contributed by atoms with Crippen molar-refractivity contribution < 1.29 is 9.53 Å². The molecule has 1 aliphatic rings. The quantitative estimate of drug-likeness (QED) is 0.639. The van der Waals surface area contributed by atoms with E-state index in [-0.39, 0.29) is 11.9 Å². The predicted octanol–water partition coefficient (Wildman–Crippen LogP) is 0.670. The highest BCUT2D eigenvalue weighted by Crippen LogP contribution is 2.16. The molecule has 1 fully saturated rings. The number of carbonyl (C=O) groups excluding carboxylic acids is 1. The number of hydrogen-bond donors (Lipinski definition) is 2. The first-order valence-corrected chi connectivity index (χ1v) is 5.80. The van der Waals surface area contributed by atoms with E-state index in [2.05, 4.69) is 10.6 Å². The summed E-state index contributed by atoms with van der Waals surface area (Å²) in [6, 6.07) is -0.0977. The summed E-state index contributed by atoms with van der Waals surface area (Å²) in [5.41, 5.74) is 0. The Morgan fingerprint density at radius 2 is 2.40 bits per heavy atom. The maximum Gasteiger partial charge on any atom is 0.236 e. The molecule has 2 atom stereocenters. The molecule has 1 aliphatic heterocycles. The summed E-state index contributed by atoms with van der Waals surface area (Å²) in [5, 5.41) is 5.81. The molecule has 4 heteroatoms. The summed E-state index contributed by atoms with van der Waals surface area (Å²) in [4.78, 5) is 11.2. The molecular weight excluding hydrogens is 192 g/mol. The zero-order chi connectivity index (χ0) is 11.1. The molecule has 0 spiro atoms. The van der Waals surface area contributed by atoms with E-state index in [0.717, 1.165) is 26.0 Å². The SMILES string of the molecule is CNC(=O)C(C)NCCCC1CCCO1. The van der Waals surface area contributed by atoms with Crippen LogP contribution in [0.25, 0.3) is 0 Å². The highest BCUT2D eigenvalue weighted by molar-refractivity contribution is 5.80. The van der Waals surface area contributed by atoms with Crippen LogP contribution in [-0.2, 0) is 9.53 Å². The highest BCUT2D eigenvalue weighted by atomic mass is 16.5. The molecule has 0 aliphatic carbocycles. The Hall–Kier alpha value is -0.610. The molecule has 2 N–H and O–H groups in total. The Bertz CT molecular complexity index is 191. The van der Waals surface area contributed by atoms with E-state index >= 15 is 0 Å². The second-order valence-electron chi connectivity index (χ2n) is 4.07. The van der Waals surface area contributed by atoms with Gasteiger partial charge in [-0.1, -0.05) is 0 Å². The molecule has 0 saturated carbocycles. The summed E-state index contributed by atoms with van der Waals surface area (Å²) in [7, 11) is 1.66. The number of carbonyl (C=O) groups is 1. The van der Waals surface area contributed by atoms with Crippen molar-refractivity contribution in [2.45, 2.75) is 44.8 Å². The van der Waals surface area contributed by atoms with Crippen LogP contribution >= 0.6 is 0 Å². The number of amides is 1. The lowest BCUT2D eigenvalue weighted by molar-refractivity contribution is -0.122. The third kappa shape index (κ3) is 4.62. The van der Waals surface area contributed by atoms with Gasteiger partial charge in [-0.15, -0.1) is 0 Å². The van der Waals surface area contributed by atoms with Crippen molar-refractivity contribution in [3.05, 3.63) is 0 Å². The largest absolute Gasteiger partial charge is 0.378 e. The maximum absolute atomic E-state index is 11.2. The van der Waals surface area contributed by atoms with Crippen LogP contribution in [0.5, 0.6) is 0 Å². The standard InChI is InChI=1S/C11H22N2O2/c1-9(11(14)12-2)13-7-3-5-10-6-4-8-15-10/h9-10,13H,3-8H2,1-2H3,(H,12,14). The smallest absolute Gasteiger partial charge is 0.236 e. The minimum absolute atomic E-state index is 0.0483. The first-order valence-electron chi connectivity index (χ1n) is 5.80. The average molecular weight is 214 g/mol. The molecule has 0 radical (unpaired) electrons. The van der Waals surface area contributed by atoms with Crippen molar-refractivity contribution in [3.63, 3.8) is 0 Å². The van der Waals surface area contributed by atoms with Gasteiger partial charge in [-0.2, -0.15) is 0 Å². The van der Waals surface area contributed by atoms with Crippen LogP contribution in [0.15, 0.2) is 0 Å². The number of nitrogens with one attached hydrogen (secondary N) is 2. The summed E-state index contributed by atoms with van der Waals surface area (Å²) < 4.78 is 5.52. The van der Waals surface area contributed by atoms with Gasteiger partial charge in [0.2, 0.25) is 5.91 Å². The minimum Gasteiger partial charge on any atom is -0.378 e. The molecule has 0 aromatic carbocycles. The van der Waals surface area contributed by atoms with Gasteiger partial charge in [-0.05, 0) is 39.2 Å². The number of hydrogen-bond acceptors (Lipinski definition) is 3. The Labute approximate surface area is 91.8 Å². The van der Waals surface area contributed by atoms with E-state index in [0.29, 0.717) is 6.10 Å². The Balaban J connectivity index is 1.98. The van der Waals surface area contributed by atoms with Crippen LogP contribution in [0.1, 0.15) is 32.6 Å². The van der Waals surface area contributed by atoms with E-state index in [1.165, 1.54) is 12.8 Å². The summed E-state index contributed by atoms with van der Waals surface area (Å²) in [5.74, 6) is 0.0483. The van der Waals surface area contributed by atoms with Gasteiger partial charge in [-0.3, -0.25) is 4.79 Å². The summed E-state index contributed by atoms with van der Waals surface area (Å²) >= 11 is 0. The van der Waals surface area contributed by atoms with Gasteiger partial charge in [0.05, 0.1) is 12.1 Å². The molecule has 0 aromatic rings. The third-order valence-corrected chi connectivity index (χ3v) is 2.82. The Kier molecular flexibility index (Phi) is 5.65. The van der Waals surface area contributed by atoms with E-state index in [4.69, 9.17) is 4.74 Å². The average Bonchev–Trinajstić information content (AvgIpc) is 2.75. The second-order valence-corrected chi connectivity index (χ2v) is 4.07. The third-order valence-electron chi connectivity index (χ3n) is 2.82.